The predicted molar refractivity (Wildman–Crippen MR) is 389 cm³/mol. The van der Waals surface area contributed by atoms with Crippen LogP contribution in [0, 0.1) is 0 Å². The number of carbonyl (C=O) groups is 3. The van der Waals surface area contributed by atoms with Crippen molar-refractivity contribution in [3.63, 3.8) is 0 Å². The van der Waals surface area contributed by atoms with E-state index in [1.54, 1.807) is 0 Å². The van der Waals surface area contributed by atoms with Gasteiger partial charge in [0.25, 0.3) is 0 Å². The Kier molecular flexibility index (Phi) is 67.7. The van der Waals surface area contributed by atoms with Gasteiger partial charge in [-0.05, 0) is 109 Å². The van der Waals surface area contributed by atoms with Crippen molar-refractivity contribution in [3.8, 4) is 0 Å². The third kappa shape index (κ3) is 72.7. The molecule has 2 unspecified atom stereocenters. The van der Waals surface area contributed by atoms with Crippen LogP contribution >= 0.6 is 0 Å². The van der Waals surface area contributed by atoms with E-state index in [9.17, 15) is 19.5 Å². The molecule has 0 amide bonds. The molecule has 0 aliphatic rings. The monoisotopic (exact) mass is 1270 g/mol. The third-order valence-electron chi connectivity index (χ3n) is 15.9. The quantitative estimate of drug-likeness (QED) is 0.0195. The summed E-state index contributed by atoms with van der Waals surface area (Å²) >= 11 is 0. The Balaban J connectivity index is 4.09. The molecular weight excluding hydrogens is 1130 g/mol. The normalized spacial score (nSPS) is 13.5. The maximum atomic E-state index is 13.0. The van der Waals surface area contributed by atoms with Gasteiger partial charge in [0.1, 0.15) is 13.2 Å². The number of unbranched alkanes of at least 4 members (excludes halogenated alkanes) is 31. The molecule has 0 aromatic carbocycles. The molecule has 0 fully saturated rings. The number of carboxylic acid groups (broad SMARTS) is 1. The molecule has 0 radical (unpaired) electrons. The summed E-state index contributed by atoms with van der Waals surface area (Å²) in [4.78, 5) is 37.6. The van der Waals surface area contributed by atoms with E-state index in [0.717, 1.165) is 116 Å². The van der Waals surface area contributed by atoms with Crippen LogP contribution in [-0.4, -0.2) is 82.3 Å². The molecular formula is C82H139NO8. The van der Waals surface area contributed by atoms with Gasteiger partial charge in [0.05, 0.1) is 40.3 Å². The topological polar surface area (TPSA) is 111 Å². The SMILES string of the molecule is CC/C=C\C/C=C\C/C=C\C/C=C\C/C=C\C/C=C\C/C=C\CCCCCCCCCCCCCC(=O)OC(COC(=O)CCCCCCCCCCCCCCCCCCCCCC/C=C\C/C=C\C/C=C\C/C=C\CC)COC(OCC[N+](C)(C)C)C(=O)[O-]. The standard InChI is InChI=1S/C82H139NO8/c1-6-8-10-12-14-16-18-20-22-24-26-28-30-32-34-36-38-40-42-44-46-48-50-52-54-56-58-60-62-64-66-68-70-72-79(84)89-76-78(77-90-82(81(86)87)88-75-74-83(3,4)5)91-80(85)73-71-69-67-65-63-61-59-57-55-53-51-49-47-45-43-41-39-37-35-33-31-29-27-25-23-21-19-17-15-13-11-9-7-2/h8-11,14-17,20-23,26-29,33,35,39,41,45,47,78,82H,6-7,12-13,18-19,24-25,30-32,34,36-38,40,42-44,46,48-77H2,1-5H3/b10-8-,11-9-,16-14-,17-15-,22-20-,23-21-,28-26-,29-27-,35-33-,41-39-,47-45-. The highest BCUT2D eigenvalue weighted by molar-refractivity contribution is 5.70. The van der Waals surface area contributed by atoms with Crippen molar-refractivity contribution in [2.75, 3.05) is 47.5 Å². The van der Waals surface area contributed by atoms with Crippen LogP contribution in [-0.2, 0) is 33.3 Å². The Morgan fingerprint density at radius 3 is 0.879 bits per heavy atom. The zero-order chi connectivity index (χ0) is 66.1. The maximum absolute atomic E-state index is 13.0. The van der Waals surface area contributed by atoms with E-state index in [1.165, 1.54) is 161 Å². The Labute approximate surface area is 560 Å². The van der Waals surface area contributed by atoms with Crippen molar-refractivity contribution in [2.45, 2.75) is 322 Å². The zero-order valence-corrected chi connectivity index (χ0v) is 59.4. The summed E-state index contributed by atoms with van der Waals surface area (Å²) in [7, 11) is 5.93. The summed E-state index contributed by atoms with van der Waals surface area (Å²) in [5, 5.41) is 11.8. The molecule has 0 aromatic heterocycles. The zero-order valence-electron chi connectivity index (χ0n) is 59.4. The number of carbonyl (C=O) groups excluding carboxylic acids is 3. The van der Waals surface area contributed by atoms with Gasteiger partial charge < -0.3 is 33.3 Å². The summed E-state index contributed by atoms with van der Waals surface area (Å²) in [6, 6.07) is 0. The molecule has 0 saturated carbocycles. The molecule has 0 spiro atoms. The average molecular weight is 1270 g/mol. The Morgan fingerprint density at radius 1 is 0.330 bits per heavy atom. The van der Waals surface area contributed by atoms with Crippen LogP contribution in [0.1, 0.15) is 309 Å². The van der Waals surface area contributed by atoms with Crippen LogP contribution in [0.5, 0.6) is 0 Å². The number of likely N-dealkylation sites (N-methyl/N-ethyl adjacent to an activating group) is 1. The van der Waals surface area contributed by atoms with E-state index in [4.69, 9.17) is 18.9 Å². The lowest BCUT2D eigenvalue weighted by Crippen LogP contribution is -2.44. The molecule has 520 valence electrons. The van der Waals surface area contributed by atoms with E-state index in [-0.39, 0.29) is 38.6 Å². The molecule has 2 atom stereocenters. The van der Waals surface area contributed by atoms with Crippen LogP contribution in [0.4, 0.5) is 0 Å². The first-order valence-electron chi connectivity index (χ1n) is 37.3. The van der Waals surface area contributed by atoms with Gasteiger partial charge in [-0.25, -0.2) is 0 Å². The second-order valence-corrected chi connectivity index (χ2v) is 25.8. The molecule has 91 heavy (non-hydrogen) atoms. The van der Waals surface area contributed by atoms with Gasteiger partial charge in [0.15, 0.2) is 12.4 Å². The summed E-state index contributed by atoms with van der Waals surface area (Å²) in [6.07, 6.45) is 99.7. The Morgan fingerprint density at radius 2 is 0.593 bits per heavy atom. The minimum Gasteiger partial charge on any atom is -0.545 e. The number of quaternary nitrogens is 1. The van der Waals surface area contributed by atoms with Gasteiger partial charge in [-0.3, -0.25) is 9.59 Å². The summed E-state index contributed by atoms with van der Waals surface area (Å²) in [5.74, 6) is -2.28. The first-order chi connectivity index (χ1) is 44.6. The van der Waals surface area contributed by atoms with Crippen LogP contribution in [0.3, 0.4) is 0 Å². The second kappa shape index (κ2) is 71.3. The highest BCUT2D eigenvalue weighted by Gasteiger charge is 2.22. The molecule has 0 saturated heterocycles. The van der Waals surface area contributed by atoms with Crippen molar-refractivity contribution in [1.82, 2.24) is 0 Å². The largest absolute Gasteiger partial charge is 0.545 e. The van der Waals surface area contributed by atoms with Crippen molar-refractivity contribution < 1.29 is 42.9 Å². The number of carboxylic acids is 1. The highest BCUT2D eigenvalue weighted by Crippen LogP contribution is 2.18. The number of esters is 2. The van der Waals surface area contributed by atoms with Crippen molar-refractivity contribution in [2.24, 2.45) is 0 Å². The summed E-state index contributed by atoms with van der Waals surface area (Å²) in [5.41, 5.74) is 0. The molecule has 0 bridgehead atoms. The van der Waals surface area contributed by atoms with Crippen LogP contribution in [0.2, 0.25) is 0 Å². The molecule has 0 rings (SSSR count). The lowest BCUT2D eigenvalue weighted by Gasteiger charge is -2.26. The number of allylic oxidation sites excluding steroid dienone is 22. The van der Waals surface area contributed by atoms with Gasteiger partial charge >= 0.3 is 11.9 Å². The molecule has 0 aliphatic heterocycles. The van der Waals surface area contributed by atoms with E-state index >= 15 is 0 Å². The average Bonchev–Trinajstić information content (AvgIpc) is 3.46. The fraction of sp³-hybridized carbons (Fsp3) is 0.695. The Hall–Kier alpha value is -4.57. The van der Waals surface area contributed by atoms with E-state index < -0.39 is 24.3 Å². The van der Waals surface area contributed by atoms with Gasteiger partial charge in [0, 0.05) is 12.8 Å². The number of nitrogens with zero attached hydrogens (tertiary/aromatic N) is 1. The van der Waals surface area contributed by atoms with Crippen LogP contribution < -0.4 is 5.11 Å². The van der Waals surface area contributed by atoms with E-state index in [0.29, 0.717) is 17.4 Å². The molecule has 9 heteroatoms. The van der Waals surface area contributed by atoms with Gasteiger partial charge in [-0.15, -0.1) is 0 Å². The lowest BCUT2D eigenvalue weighted by atomic mass is 10.0. The number of ether oxygens (including phenoxy) is 4. The minimum atomic E-state index is -1.63. The third-order valence-corrected chi connectivity index (χ3v) is 15.9. The number of rotatable bonds is 68. The molecule has 0 heterocycles. The first-order valence-corrected chi connectivity index (χ1v) is 37.3. The van der Waals surface area contributed by atoms with Crippen molar-refractivity contribution in [3.05, 3.63) is 134 Å². The van der Waals surface area contributed by atoms with Crippen molar-refractivity contribution >= 4 is 17.9 Å². The smallest absolute Gasteiger partial charge is 0.306 e. The number of hydrogen-bond donors (Lipinski definition) is 0. The molecule has 0 aromatic rings. The molecule has 0 N–H and O–H groups in total. The second-order valence-electron chi connectivity index (χ2n) is 25.8. The maximum Gasteiger partial charge on any atom is 0.306 e. The minimum absolute atomic E-state index is 0.143. The first kappa shape index (κ1) is 86.4. The fourth-order valence-electron chi connectivity index (χ4n) is 10.3. The summed E-state index contributed by atoms with van der Waals surface area (Å²) < 4.78 is 22.8. The highest BCUT2D eigenvalue weighted by atomic mass is 16.7. The van der Waals surface area contributed by atoms with Crippen LogP contribution in [0.15, 0.2) is 134 Å². The van der Waals surface area contributed by atoms with Gasteiger partial charge in [-0.1, -0.05) is 321 Å². The van der Waals surface area contributed by atoms with Gasteiger partial charge in [-0.2, -0.15) is 0 Å². The van der Waals surface area contributed by atoms with E-state index in [2.05, 4.69) is 148 Å². The number of aliphatic carboxylic acids is 1. The van der Waals surface area contributed by atoms with Gasteiger partial charge in [0.2, 0.25) is 0 Å². The Bertz CT molecular complexity index is 1960. The predicted octanol–water partition coefficient (Wildman–Crippen LogP) is 22.4. The van der Waals surface area contributed by atoms with Crippen LogP contribution in [0.25, 0.3) is 0 Å². The lowest BCUT2D eigenvalue weighted by molar-refractivity contribution is -0.870. The van der Waals surface area contributed by atoms with Crippen molar-refractivity contribution in [1.29, 1.82) is 0 Å². The fourth-order valence-corrected chi connectivity index (χ4v) is 10.3. The molecule has 9 nitrogen and oxygen atoms in total. The summed E-state index contributed by atoms with van der Waals surface area (Å²) in [6.45, 7) is 4.54. The molecule has 0 aliphatic carbocycles. The van der Waals surface area contributed by atoms with E-state index in [1.807, 2.05) is 21.1 Å². The number of hydrogen-bond acceptors (Lipinski definition) is 8.